The molecule has 3 aromatic rings. The molecule has 3 rings (SSSR count). The molecular formula is C14H9BrN2O2. The molecule has 2 aromatic carbocycles. The normalized spacial score (nSPS) is 10.6. The van der Waals surface area contributed by atoms with Crippen molar-refractivity contribution in [2.75, 3.05) is 0 Å². The third-order valence-electron chi connectivity index (χ3n) is 2.70. The maximum Gasteiger partial charge on any atom is 0.344 e. The highest BCUT2D eigenvalue weighted by molar-refractivity contribution is 9.10. The Balaban J connectivity index is 1.88. The Kier molecular flexibility index (Phi) is 3.05. The molecule has 0 spiro atoms. The van der Waals surface area contributed by atoms with E-state index in [2.05, 4.69) is 25.9 Å². The molecule has 0 aliphatic carbocycles. The van der Waals surface area contributed by atoms with E-state index in [1.54, 1.807) is 42.7 Å². The van der Waals surface area contributed by atoms with Gasteiger partial charge < -0.3 is 9.72 Å². The van der Waals surface area contributed by atoms with Gasteiger partial charge in [-0.05, 0) is 40.2 Å². The number of halogens is 1. The number of ether oxygens (including phenoxy) is 1. The SMILES string of the molecule is O=C(Oc1ccc2nc[nH]c2c1)c1ccccc1Br. The Labute approximate surface area is 117 Å². The molecule has 4 nitrogen and oxygen atoms in total. The van der Waals surface area contributed by atoms with Crippen LogP contribution in [0.4, 0.5) is 0 Å². The lowest BCUT2D eigenvalue weighted by molar-refractivity contribution is 0.0734. The van der Waals surface area contributed by atoms with Gasteiger partial charge in [-0.15, -0.1) is 0 Å². The van der Waals surface area contributed by atoms with Crippen molar-refractivity contribution in [3.8, 4) is 5.75 Å². The number of H-pyrrole nitrogens is 1. The number of imidazole rings is 1. The van der Waals surface area contributed by atoms with Crippen LogP contribution >= 0.6 is 15.9 Å². The number of fused-ring (bicyclic) bond motifs is 1. The maximum absolute atomic E-state index is 12.0. The predicted molar refractivity (Wildman–Crippen MR) is 75.2 cm³/mol. The minimum absolute atomic E-state index is 0.397. The molecule has 19 heavy (non-hydrogen) atoms. The van der Waals surface area contributed by atoms with E-state index in [1.807, 2.05) is 6.07 Å². The average Bonchev–Trinajstić information content (AvgIpc) is 2.86. The molecule has 0 aliphatic heterocycles. The Morgan fingerprint density at radius 1 is 1.21 bits per heavy atom. The summed E-state index contributed by atoms with van der Waals surface area (Å²) in [5.41, 5.74) is 2.16. The van der Waals surface area contributed by atoms with Gasteiger partial charge in [0.25, 0.3) is 0 Å². The van der Waals surface area contributed by atoms with Gasteiger partial charge in [0, 0.05) is 10.5 Å². The van der Waals surface area contributed by atoms with Gasteiger partial charge in [-0.3, -0.25) is 0 Å². The van der Waals surface area contributed by atoms with Gasteiger partial charge in [0.1, 0.15) is 5.75 Å². The summed E-state index contributed by atoms with van der Waals surface area (Å²) >= 11 is 3.33. The quantitative estimate of drug-likeness (QED) is 0.581. The monoisotopic (exact) mass is 316 g/mol. The fourth-order valence-electron chi connectivity index (χ4n) is 1.77. The second-order valence-electron chi connectivity index (χ2n) is 3.95. The Morgan fingerprint density at radius 2 is 2.05 bits per heavy atom. The second kappa shape index (κ2) is 4.85. The van der Waals surface area contributed by atoms with Crippen molar-refractivity contribution < 1.29 is 9.53 Å². The lowest BCUT2D eigenvalue weighted by Gasteiger charge is -2.05. The number of hydrogen-bond donors (Lipinski definition) is 1. The first-order valence-electron chi connectivity index (χ1n) is 5.64. The number of rotatable bonds is 2. The number of esters is 1. The predicted octanol–water partition coefficient (Wildman–Crippen LogP) is 3.54. The summed E-state index contributed by atoms with van der Waals surface area (Å²) in [5, 5.41) is 0. The summed E-state index contributed by atoms with van der Waals surface area (Å²) in [4.78, 5) is 19.1. The molecule has 0 bridgehead atoms. The van der Waals surface area contributed by atoms with E-state index in [0.717, 1.165) is 11.0 Å². The molecule has 0 aliphatic rings. The zero-order valence-electron chi connectivity index (χ0n) is 9.76. The molecule has 94 valence electrons. The number of nitrogens with zero attached hydrogens (tertiary/aromatic N) is 1. The van der Waals surface area contributed by atoms with Crippen LogP contribution in [0.15, 0.2) is 53.3 Å². The van der Waals surface area contributed by atoms with Crippen LogP contribution in [0, 0.1) is 0 Å². The summed E-state index contributed by atoms with van der Waals surface area (Å²) in [6.45, 7) is 0. The van der Waals surface area contributed by atoms with Crippen molar-refractivity contribution in [2.45, 2.75) is 0 Å². The highest BCUT2D eigenvalue weighted by Gasteiger charge is 2.12. The standard InChI is InChI=1S/C14H9BrN2O2/c15-11-4-2-1-3-10(11)14(18)19-9-5-6-12-13(7-9)17-8-16-12/h1-8H,(H,16,17). The number of aromatic amines is 1. The molecule has 0 unspecified atom stereocenters. The maximum atomic E-state index is 12.0. The summed E-state index contributed by atoms with van der Waals surface area (Å²) in [6, 6.07) is 12.4. The number of nitrogens with one attached hydrogen (secondary N) is 1. The summed E-state index contributed by atoms with van der Waals surface area (Å²) in [5.74, 6) is 0.0869. The van der Waals surface area contributed by atoms with Crippen molar-refractivity contribution in [3.63, 3.8) is 0 Å². The number of aromatic nitrogens is 2. The van der Waals surface area contributed by atoms with E-state index < -0.39 is 5.97 Å². The van der Waals surface area contributed by atoms with Crippen molar-refractivity contribution in [1.29, 1.82) is 0 Å². The zero-order valence-corrected chi connectivity index (χ0v) is 11.3. The Morgan fingerprint density at radius 3 is 2.89 bits per heavy atom. The largest absolute Gasteiger partial charge is 0.423 e. The van der Waals surface area contributed by atoms with E-state index in [-0.39, 0.29) is 0 Å². The number of hydrogen-bond acceptors (Lipinski definition) is 3. The van der Waals surface area contributed by atoms with Gasteiger partial charge in [-0.2, -0.15) is 0 Å². The summed E-state index contributed by atoms with van der Waals surface area (Å²) < 4.78 is 6.05. The molecule has 0 fully saturated rings. The third-order valence-corrected chi connectivity index (χ3v) is 3.39. The van der Waals surface area contributed by atoms with Crippen molar-refractivity contribution in [2.24, 2.45) is 0 Å². The zero-order chi connectivity index (χ0) is 13.2. The van der Waals surface area contributed by atoms with E-state index in [1.165, 1.54) is 0 Å². The lowest BCUT2D eigenvalue weighted by Crippen LogP contribution is -2.09. The van der Waals surface area contributed by atoms with Crippen molar-refractivity contribution in [3.05, 3.63) is 58.8 Å². The molecular weight excluding hydrogens is 308 g/mol. The second-order valence-corrected chi connectivity index (χ2v) is 4.81. The molecule has 5 heteroatoms. The summed E-state index contributed by atoms with van der Waals surface area (Å²) in [7, 11) is 0. The van der Waals surface area contributed by atoms with Gasteiger partial charge in [0.05, 0.1) is 22.9 Å². The summed E-state index contributed by atoms with van der Waals surface area (Å²) in [6.07, 6.45) is 1.60. The number of carbonyl (C=O) groups is 1. The van der Waals surface area contributed by atoms with Crippen molar-refractivity contribution >= 4 is 32.9 Å². The average molecular weight is 317 g/mol. The highest BCUT2D eigenvalue weighted by Crippen LogP contribution is 2.21. The molecule has 0 saturated carbocycles. The van der Waals surface area contributed by atoms with Crippen LogP contribution < -0.4 is 4.74 Å². The van der Waals surface area contributed by atoms with Gasteiger partial charge in [0.2, 0.25) is 0 Å². The Bertz CT molecular complexity index is 752. The van der Waals surface area contributed by atoms with E-state index in [4.69, 9.17) is 4.74 Å². The molecule has 0 amide bonds. The van der Waals surface area contributed by atoms with Crippen molar-refractivity contribution in [1.82, 2.24) is 9.97 Å². The minimum Gasteiger partial charge on any atom is -0.423 e. The Hall–Kier alpha value is -2.14. The van der Waals surface area contributed by atoms with Crippen LogP contribution in [0.2, 0.25) is 0 Å². The van der Waals surface area contributed by atoms with Crippen LogP contribution in [-0.4, -0.2) is 15.9 Å². The molecule has 0 atom stereocenters. The molecule has 1 N–H and O–H groups in total. The topological polar surface area (TPSA) is 55.0 Å². The highest BCUT2D eigenvalue weighted by atomic mass is 79.9. The minimum atomic E-state index is -0.397. The molecule has 0 saturated heterocycles. The van der Waals surface area contributed by atoms with Crippen LogP contribution in [-0.2, 0) is 0 Å². The van der Waals surface area contributed by atoms with Gasteiger partial charge in [0.15, 0.2) is 0 Å². The van der Waals surface area contributed by atoms with E-state index >= 15 is 0 Å². The number of benzene rings is 2. The van der Waals surface area contributed by atoms with Gasteiger partial charge >= 0.3 is 5.97 Å². The van der Waals surface area contributed by atoms with Crippen LogP contribution in [0.5, 0.6) is 5.75 Å². The third kappa shape index (κ3) is 2.37. The molecule has 1 heterocycles. The fourth-order valence-corrected chi connectivity index (χ4v) is 2.21. The molecule has 0 radical (unpaired) electrons. The smallest absolute Gasteiger partial charge is 0.344 e. The van der Waals surface area contributed by atoms with E-state index in [9.17, 15) is 4.79 Å². The number of carbonyl (C=O) groups excluding carboxylic acids is 1. The van der Waals surface area contributed by atoms with Gasteiger partial charge in [-0.25, -0.2) is 9.78 Å². The van der Waals surface area contributed by atoms with Crippen LogP contribution in [0.3, 0.4) is 0 Å². The van der Waals surface area contributed by atoms with Crippen LogP contribution in [0.1, 0.15) is 10.4 Å². The fraction of sp³-hybridized carbons (Fsp3) is 0. The van der Waals surface area contributed by atoms with Crippen LogP contribution in [0.25, 0.3) is 11.0 Å². The molecule has 1 aromatic heterocycles. The van der Waals surface area contributed by atoms with E-state index in [0.29, 0.717) is 15.8 Å². The first kappa shape index (κ1) is 11.9. The first-order valence-corrected chi connectivity index (χ1v) is 6.43. The lowest BCUT2D eigenvalue weighted by atomic mass is 10.2. The van der Waals surface area contributed by atoms with Gasteiger partial charge in [-0.1, -0.05) is 12.1 Å². The first-order chi connectivity index (χ1) is 9.24.